The molecule has 0 aliphatic heterocycles. The van der Waals surface area contributed by atoms with Crippen LogP contribution in [0.2, 0.25) is 0 Å². The molecule has 82 valence electrons. The Bertz CT molecular complexity index is 197. The van der Waals surface area contributed by atoms with Crippen LogP contribution in [0.1, 0.15) is 13.8 Å². The van der Waals surface area contributed by atoms with Crippen LogP contribution in [0.4, 0.5) is 0 Å². The molecule has 2 atom stereocenters. The first kappa shape index (κ1) is 15.2. The molecule has 0 spiro atoms. The zero-order valence-electron chi connectivity index (χ0n) is 7.75. The summed E-state index contributed by atoms with van der Waals surface area (Å²) in [6.45, 7) is 3.51. The van der Waals surface area contributed by atoms with E-state index in [1.165, 1.54) is 0 Å². The molecule has 0 rings (SSSR count). The van der Waals surface area contributed by atoms with Crippen LogP contribution in [0.25, 0.3) is 0 Å². The molecule has 2 unspecified atom stereocenters. The van der Waals surface area contributed by atoms with E-state index >= 15 is 0 Å². The van der Waals surface area contributed by atoms with Crippen molar-refractivity contribution >= 4 is 10.4 Å². The lowest BCUT2D eigenvalue weighted by molar-refractivity contribution is 0.0151. The summed E-state index contributed by atoms with van der Waals surface area (Å²) in [6, 6.07) is 0. The van der Waals surface area contributed by atoms with Crippen molar-refractivity contribution in [3.8, 4) is 0 Å². The fourth-order valence-corrected chi connectivity index (χ4v) is 0.340. The maximum Gasteiger partial charge on any atom is 0.394 e. The maximum atomic E-state index is 8.84. The summed E-state index contributed by atoms with van der Waals surface area (Å²) < 4.78 is 31.6. The van der Waals surface area contributed by atoms with Gasteiger partial charge in [-0.3, -0.25) is 14.0 Å². The van der Waals surface area contributed by atoms with Crippen LogP contribution in [0, 0.1) is 0 Å². The number of aliphatic hydroxyl groups excluding tert-OH is 1. The van der Waals surface area contributed by atoms with Crippen LogP contribution in [0.3, 0.4) is 0 Å². The van der Waals surface area contributed by atoms with E-state index < -0.39 is 16.6 Å². The molecule has 0 saturated carbocycles. The first-order valence-corrected chi connectivity index (χ1v) is 4.81. The van der Waals surface area contributed by atoms with Gasteiger partial charge in [-0.05, 0) is 20.9 Å². The maximum absolute atomic E-state index is 8.84. The summed E-state index contributed by atoms with van der Waals surface area (Å²) in [7, 11) is -2.89. The van der Waals surface area contributed by atoms with Gasteiger partial charge in [-0.25, -0.2) is 0 Å². The third kappa shape index (κ3) is 18.6. The summed E-state index contributed by atoms with van der Waals surface area (Å²) in [4.78, 5) is 1.67. The highest BCUT2D eigenvalue weighted by atomic mass is 32.3. The topological polar surface area (TPSA) is 124 Å². The standard InChI is InChI=1S/C5H14N2O.H2O4S/c1-4(6)7(3)5(2)8;1-5(2,3)4/h4-5,8H,6H2,1-3H3;(H2,1,2,3,4). The second-order valence-corrected chi connectivity index (χ2v) is 3.38. The normalized spacial score (nSPS) is 16.0. The summed E-state index contributed by atoms with van der Waals surface area (Å²) in [6.07, 6.45) is -0.523. The third-order valence-corrected chi connectivity index (χ3v) is 1.23. The van der Waals surface area contributed by atoms with Crippen LogP contribution >= 0.6 is 0 Å². The number of nitrogens with two attached hydrogens (primary N) is 1. The van der Waals surface area contributed by atoms with Gasteiger partial charge in [-0.1, -0.05) is 0 Å². The van der Waals surface area contributed by atoms with Gasteiger partial charge in [0.2, 0.25) is 0 Å². The van der Waals surface area contributed by atoms with Crippen molar-refractivity contribution in [3.63, 3.8) is 0 Å². The van der Waals surface area contributed by atoms with Gasteiger partial charge in [0.25, 0.3) is 0 Å². The summed E-state index contributed by atoms with van der Waals surface area (Å²) in [5, 5.41) is 8.84. The SMILES string of the molecule is CC(N)N(C)C(C)O.O=S(=O)(O)O. The Morgan fingerprint density at radius 1 is 1.31 bits per heavy atom. The average Bonchev–Trinajstić information content (AvgIpc) is 1.81. The highest BCUT2D eigenvalue weighted by Crippen LogP contribution is 1.91. The molecule has 0 aliphatic carbocycles. The Balaban J connectivity index is 0. The van der Waals surface area contributed by atoms with E-state index in [4.69, 9.17) is 28.4 Å². The monoisotopic (exact) mass is 216 g/mol. The lowest BCUT2D eigenvalue weighted by Gasteiger charge is -2.23. The molecule has 0 aliphatic rings. The largest absolute Gasteiger partial charge is 0.394 e. The van der Waals surface area contributed by atoms with Crippen molar-refractivity contribution < 1.29 is 22.6 Å². The fourth-order valence-electron chi connectivity index (χ4n) is 0.340. The zero-order valence-corrected chi connectivity index (χ0v) is 8.56. The Morgan fingerprint density at radius 2 is 1.54 bits per heavy atom. The quantitative estimate of drug-likeness (QED) is 0.341. The number of hydrogen-bond donors (Lipinski definition) is 4. The van der Waals surface area contributed by atoms with E-state index in [2.05, 4.69) is 0 Å². The Kier molecular flexibility index (Phi) is 7.31. The number of aliphatic hydroxyl groups is 1. The van der Waals surface area contributed by atoms with E-state index in [0.29, 0.717) is 0 Å². The third-order valence-electron chi connectivity index (χ3n) is 1.23. The van der Waals surface area contributed by atoms with Crippen molar-refractivity contribution in [2.75, 3.05) is 7.05 Å². The van der Waals surface area contributed by atoms with Crippen molar-refractivity contribution in [2.24, 2.45) is 5.73 Å². The minimum absolute atomic E-state index is 0.0741. The van der Waals surface area contributed by atoms with Gasteiger partial charge in [0.05, 0.1) is 6.17 Å². The number of nitrogens with zero attached hydrogens (tertiary/aromatic N) is 1. The fraction of sp³-hybridized carbons (Fsp3) is 1.00. The molecule has 0 aromatic carbocycles. The predicted molar refractivity (Wildman–Crippen MR) is 47.3 cm³/mol. The molecule has 0 radical (unpaired) electrons. The minimum Gasteiger partial charge on any atom is -0.379 e. The minimum atomic E-state index is -4.67. The second kappa shape index (κ2) is 6.24. The molecule has 0 aromatic rings. The molecule has 5 N–H and O–H groups in total. The number of rotatable bonds is 2. The van der Waals surface area contributed by atoms with Crippen LogP contribution in [0.5, 0.6) is 0 Å². The van der Waals surface area contributed by atoms with Crippen LogP contribution in [-0.2, 0) is 10.4 Å². The molecule has 0 heterocycles. The van der Waals surface area contributed by atoms with Crippen LogP contribution < -0.4 is 5.73 Å². The molecule has 0 fully saturated rings. The van der Waals surface area contributed by atoms with E-state index in [0.717, 1.165) is 0 Å². The first-order chi connectivity index (χ1) is 5.55. The molecular formula is C5H16N2O5S. The summed E-state index contributed by atoms with van der Waals surface area (Å²) >= 11 is 0. The second-order valence-electron chi connectivity index (χ2n) is 2.49. The summed E-state index contributed by atoms with van der Waals surface area (Å²) in [5.41, 5.74) is 5.40. The lowest BCUT2D eigenvalue weighted by atomic mass is 10.5. The molecule has 0 amide bonds. The van der Waals surface area contributed by atoms with Crippen molar-refractivity contribution in [1.82, 2.24) is 4.90 Å². The van der Waals surface area contributed by atoms with Crippen LogP contribution in [0.15, 0.2) is 0 Å². The molecule has 8 heteroatoms. The molecule has 0 bridgehead atoms. The van der Waals surface area contributed by atoms with Crippen molar-refractivity contribution in [3.05, 3.63) is 0 Å². The van der Waals surface area contributed by atoms with Gasteiger partial charge in [0.1, 0.15) is 6.23 Å². The van der Waals surface area contributed by atoms with Gasteiger partial charge < -0.3 is 10.8 Å². The van der Waals surface area contributed by atoms with E-state index in [9.17, 15) is 0 Å². The average molecular weight is 216 g/mol. The van der Waals surface area contributed by atoms with Crippen molar-refractivity contribution in [2.45, 2.75) is 26.2 Å². The Hall–Kier alpha value is -0.250. The van der Waals surface area contributed by atoms with Crippen molar-refractivity contribution in [1.29, 1.82) is 0 Å². The zero-order chi connectivity index (χ0) is 11.2. The van der Waals surface area contributed by atoms with Gasteiger partial charge >= 0.3 is 10.4 Å². The van der Waals surface area contributed by atoms with E-state index in [1.807, 2.05) is 6.92 Å². The molecule has 0 saturated heterocycles. The highest BCUT2D eigenvalue weighted by molar-refractivity contribution is 7.79. The van der Waals surface area contributed by atoms with Gasteiger partial charge in [-0.15, -0.1) is 0 Å². The predicted octanol–water partition coefficient (Wildman–Crippen LogP) is -1.09. The van der Waals surface area contributed by atoms with E-state index in [1.54, 1.807) is 18.9 Å². The molecule has 7 nitrogen and oxygen atoms in total. The van der Waals surface area contributed by atoms with E-state index in [-0.39, 0.29) is 6.17 Å². The smallest absolute Gasteiger partial charge is 0.379 e. The van der Waals surface area contributed by atoms with Gasteiger partial charge in [0.15, 0.2) is 0 Å². The Morgan fingerprint density at radius 3 is 1.54 bits per heavy atom. The number of hydrogen-bond acceptors (Lipinski definition) is 5. The molecular weight excluding hydrogens is 200 g/mol. The summed E-state index contributed by atoms with van der Waals surface area (Å²) in [5.74, 6) is 0. The molecule has 0 aromatic heterocycles. The Labute approximate surface area is 77.7 Å². The van der Waals surface area contributed by atoms with Gasteiger partial charge in [-0.2, -0.15) is 8.42 Å². The lowest BCUT2D eigenvalue weighted by Crippen LogP contribution is -2.42. The first-order valence-electron chi connectivity index (χ1n) is 3.41. The molecule has 13 heavy (non-hydrogen) atoms. The highest BCUT2D eigenvalue weighted by Gasteiger charge is 2.06. The van der Waals surface area contributed by atoms with Crippen LogP contribution in [-0.4, -0.2) is 47.0 Å². The van der Waals surface area contributed by atoms with Gasteiger partial charge in [0, 0.05) is 0 Å².